The number of hydrogen-bond donors (Lipinski definition) is 1. The van der Waals surface area contributed by atoms with Crippen molar-refractivity contribution in [2.45, 2.75) is 13.0 Å². The molecule has 4 rings (SSSR count). The standard InChI is InChI=1S/C24H21N3O4/c28-20-11-9-19(10-12-20)25-26-22-8-4-3-7-21(22)24(30)31-16-23(29)27-14-13-17-5-1-2-6-18(17)15-27/h1-12,28H,13-16H2. The van der Waals surface area contributed by atoms with Crippen LogP contribution in [0.15, 0.2) is 83.0 Å². The summed E-state index contributed by atoms with van der Waals surface area (Å²) in [7, 11) is 0. The van der Waals surface area contributed by atoms with Gasteiger partial charge in [-0.2, -0.15) is 5.11 Å². The van der Waals surface area contributed by atoms with Crippen molar-refractivity contribution in [1.29, 1.82) is 0 Å². The number of carbonyl (C=O) groups excluding carboxylic acids is 2. The van der Waals surface area contributed by atoms with Gasteiger partial charge in [-0.25, -0.2) is 4.79 Å². The molecule has 31 heavy (non-hydrogen) atoms. The van der Waals surface area contributed by atoms with E-state index < -0.39 is 5.97 Å². The Morgan fingerprint density at radius 1 is 0.903 bits per heavy atom. The van der Waals surface area contributed by atoms with Gasteiger partial charge in [-0.1, -0.05) is 36.4 Å². The predicted octanol–water partition coefficient (Wildman–Crippen LogP) is 4.55. The number of carbonyl (C=O) groups is 2. The van der Waals surface area contributed by atoms with Crippen LogP contribution in [0.2, 0.25) is 0 Å². The molecule has 0 bridgehead atoms. The molecule has 7 nitrogen and oxygen atoms in total. The second-order valence-corrected chi connectivity index (χ2v) is 7.14. The minimum Gasteiger partial charge on any atom is -0.508 e. The van der Waals surface area contributed by atoms with Gasteiger partial charge in [-0.15, -0.1) is 5.11 Å². The van der Waals surface area contributed by atoms with Crippen molar-refractivity contribution in [2.75, 3.05) is 13.2 Å². The van der Waals surface area contributed by atoms with Gasteiger partial charge in [0.05, 0.1) is 11.3 Å². The van der Waals surface area contributed by atoms with Crippen LogP contribution in [0.5, 0.6) is 5.75 Å². The van der Waals surface area contributed by atoms with Crippen molar-refractivity contribution in [3.05, 3.63) is 89.5 Å². The first kappa shape index (κ1) is 20.3. The van der Waals surface area contributed by atoms with E-state index in [1.54, 1.807) is 41.3 Å². The molecule has 1 aliphatic heterocycles. The zero-order chi connectivity index (χ0) is 21.6. The second kappa shape index (κ2) is 9.21. The molecule has 7 heteroatoms. The molecule has 0 saturated heterocycles. The number of amides is 1. The maximum absolute atomic E-state index is 12.6. The Hall–Kier alpha value is -4.00. The average Bonchev–Trinajstić information content (AvgIpc) is 2.82. The Morgan fingerprint density at radius 2 is 1.61 bits per heavy atom. The molecular weight excluding hydrogens is 394 g/mol. The summed E-state index contributed by atoms with van der Waals surface area (Å²) in [5.74, 6) is -0.734. The number of phenolic OH excluding ortho intramolecular Hbond substituents is 1. The summed E-state index contributed by atoms with van der Waals surface area (Å²) in [5, 5.41) is 17.5. The van der Waals surface area contributed by atoms with E-state index in [1.165, 1.54) is 17.7 Å². The van der Waals surface area contributed by atoms with Gasteiger partial charge in [0.25, 0.3) is 5.91 Å². The van der Waals surface area contributed by atoms with Crippen LogP contribution in [0, 0.1) is 0 Å². The molecule has 0 radical (unpaired) electrons. The van der Waals surface area contributed by atoms with Crippen molar-refractivity contribution in [1.82, 2.24) is 4.90 Å². The number of benzene rings is 3. The number of esters is 1. The van der Waals surface area contributed by atoms with Gasteiger partial charge in [-0.05, 0) is 53.9 Å². The number of aromatic hydroxyl groups is 1. The monoisotopic (exact) mass is 415 g/mol. The van der Waals surface area contributed by atoms with Crippen LogP contribution in [0.4, 0.5) is 11.4 Å². The maximum Gasteiger partial charge on any atom is 0.340 e. The third-order valence-electron chi connectivity index (χ3n) is 5.06. The molecule has 0 unspecified atom stereocenters. The fraction of sp³-hybridized carbons (Fsp3) is 0.167. The highest BCUT2D eigenvalue weighted by Crippen LogP contribution is 2.24. The summed E-state index contributed by atoms with van der Waals surface area (Å²) >= 11 is 0. The number of fused-ring (bicyclic) bond motifs is 1. The molecule has 0 aromatic heterocycles. The molecule has 0 fully saturated rings. The van der Waals surface area contributed by atoms with Gasteiger partial charge in [0.2, 0.25) is 0 Å². The first-order valence-electron chi connectivity index (χ1n) is 9.91. The van der Waals surface area contributed by atoms with Crippen molar-refractivity contribution < 1.29 is 19.4 Å². The zero-order valence-corrected chi connectivity index (χ0v) is 16.8. The summed E-state index contributed by atoms with van der Waals surface area (Å²) in [6, 6.07) is 20.9. The highest BCUT2D eigenvalue weighted by atomic mass is 16.5. The van der Waals surface area contributed by atoms with E-state index >= 15 is 0 Å². The van der Waals surface area contributed by atoms with Gasteiger partial charge in [-0.3, -0.25) is 4.79 Å². The van der Waals surface area contributed by atoms with E-state index in [0.717, 1.165) is 12.0 Å². The number of ether oxygens (including phenoxy) is 1. The van der Waals surface area contributed by atoms with E-state index in [-0.39, 0.29) is 23.8 Å². The first-order valence-corrected chi connectivity index (χ1v) is 9.91. The predicted molar refractivity (Wildman–Crippen MR) is 115 cm³/mol. The van der Waals surface area contributed by atoms with Crippen LogP contribution < -0.4 is 0 Å². The lowest BCUT2D eigenvalue weighted by atomic mass is 10.00. The summed E-state index contributed by atoms with van der Waals surface area (Å²) in [6.45, 7) is 0.791. The Balaban J connectivity index is 1.39. The Kier molecular flexibility index (Phi) is 6.03. The van der Waals surface area contributed by atoms with E-state index in [4.69, 9.17) is 4.74 Å². The summed E-state index contributed by atoms with van der Waals surface area (Å²) in [5.41, 5.74) is 3.45. The topological polar surface area (TPSA) is 91.6 Å². The lowest BCUT2D eigenvalue weighted by Gasteiger charge is -2.28. The molecule has 1 amide bonds. The number of hydrogen-bond acceptors (Lipinski definition) is 6. The normalized spacial score (nSPS) is 13.1. The zero-order valence-electron chi connectivity index (χ0n) is 16.8. The molecule has 3 aromatic carbocycles. The second-order valence-electron chi connectivity index (χ2n) is 7.14. The Bertz CT molecular complexity index is 1130. The summed E-state index contributed by atoms with van der Waals surface area (Å²) in [6.07, 6.45) is 0.788. The van der Waals surface area contributed by atoms with Gasteiger partial charge in [0.15, 0.2) is 6.61 Å². The van der Waals surface area contributed by atoms with Crippen molar-refractivity contribution in [2.24, 2.45) is 10.2 Å². The molecule has 0 aliphatic carbocycles. The highest BCUT2D eigenvalue weighted by Gasteiger charge is 2.22. The SMILES string of the molecule is O=C(OCC(=O)N1CCc2ccccc2C1)c1ccccc1N=Nc1ccc(O)cc1. The van der Waals surface area contributed by atoms with E-state index in [1.807, 2.05) is 18.2 Å². The fourth-order valence-corrected chi connectivity index (χ4v) is 3.37. The molecule has 1 heterocycles. The molecule has 0 saturated carbocycles. The largest absolute Gasteiger partial charge is 0.508 e. The van der Waals surface area contributed by atoms with Crippen LogP contribution in [-0.4, -0.2) is 35.0 Å². The Morgan fingerprint density at radius 3 is 2.42 bits per heavy atom. The third-order valence-corrected chi connectivity index (χ3v) is 5.06. The lowest BCUT2D eigenvalue weighted by molar-refractivity contribution is -0.135. The lowest BCUT2D eigenvalue weighted by Crippen LogP contribution is -2.38. The smallest absolute Gasteiger partial charge is 0.340 e. The van der Waals surface area contributed by atoms with Gasteiger partial charge in [0, 0.05) is 13.1 Å². The summed E-state index contributed by atoms with van der Waals surface area (Å²) < 4.78 is 5.27. The van der Waals surface area contributed by atoms with Crippen LogP contribution in [0.25, 0.3) is 0 Å². The molecule has 1 aliphatic rings. The maximum atomic E-state index is 12.6. The van der Waals surface area contributed by atoms with Crippen molar-refractivity contribution in [3.63, 3.8) is 0 Å². The number of rotatable bonds is 5. The third kappa shape index (κ3) is 4.95. The minimum absolute atomic E-state index is 0.129. The van der Waals surface area contributed by atoms with Crippen LogP contribution in [-0.2, 0) is 22.5 Å². The van der Waals surface area contributed by atoms with E-state index in [0.29, 0.717) is 24.5 Å². The molecule has 0 spiro atoms. The van der Waals surface area contributed by atoms with Crippen molar-refractivity contribution in [3.8, 4) is 5.75 Å². The van der Waals surface area contributed by atoms with Gasteiger partial charge < -0.3 is 14.7 Å². The summed E-state index contributed by atoms with van der Waals surface area (Å²) in [4.78, 5) is 26.8. The number of nitrogens with zero attached hydrogens (tertiary/aromatic N) is 3. The van der Waals surface area contributed by atoms with E-state index in [2.05, 4.69) is 16.3 Å². The van der Waals surface area contributed by atoms with Crippen molar-refractivity contribution >= 4 is 23.3 Å². The molecule has 156 valence electrons. The quantitative estimate of drug-likeness (QED) is 0.489. The molecule has 0 atom stereocenters. The molecule has 3 aromatic rings. The Labute approximate surface area is 179 Å². The highest BCUT2D eigenvalue weighted by molar-refractivity contribution is 5.96. The molecule has 1 N–H and O–H groups in total. The molecular formula is C24H21N3O4. The minimum atomic E-state index is -0.633. The van der Waals surface area contributed by atoms with Crippen LogP contribution in [0.3, 0.4) is 0 Å². The van der Waals surface area contributed by atoms with Crippen LogP contribution in [0.1, 0.15) is 21.5 Å². The number of phenols is 1. The van der Waals surface area contributed by atoms with Gasteiger partial charge >= 0.3 is 5.97 Å². The van der Waals surface area contributed by atoms with Crippen LogP contribution >= 0.6 is 0 Å². The van der Waals surface area contributed by atoms with Gasteiger partial charge in [0.1, 0.15) is 11.4 Å². The first-order chi connectivity index (χ1) is 15.1. The fourth-order valence-electron chi connectivity index (χ4n) is 3.37. The average molecular weight is 415 g/mol. The number of azo groups is 1. The van der Waals surface area contributed by atoms with E-state index in [9.17, 15) is 14.7 Å².